The average Bonchev–Trinajstić information content (AvgIpc) is 3.33. The lowest BCUT2D eigenvalue weighted by Crippen LogP contribution is -2.47. The molecule has 2 aromatic carbocycles. The van der Waals surface area contributed by atoms with E-state index in [2.05, 4.69) is 32.0 Å². The number of amides is 2. The number of rotatable bonds is 3. The fourth-order valence-corrected chi connectivity index (χ4v) is 6.12. The molecule has 43 heavy (non-hydrogen) atoms. The smallest absolute Gasteiger partial charge is 0.243 e. The molecule has 2 bridgehead atoms. The van der Waals surface area contributed by atoms with Gasteiger partial charge in [0.1, 0.15) is 0 Å². The molecule has 0 radical (unpaired) electrons. The van der Waals surface area contributed by atoms with Gasteiger partial charge in [0, 0.05) is 63.4 Å². The molecule has 12 nitrogen and oxygen atoms in total. The maximum absolute atomic E-state index is 13.5. The van der Waals surface area contributed by atoms with Crippen LogP contribution in [0, 0.1) is 11.8 Å². The second kappa shape index (κ2) is 13.4. The van der Waals surface area contributed by atoms with E-state index in [0.717, 1.165) is 17.4 Å². The topological polar surface area (TPSA) is 148 Å². The number of aromatic hydroxyl groups is 1. The van der Waals surface area contributed by atoms with Crippen LogP contribution in [-0.2, 0) is 24.3 Å². The number of ether oxygens (including phenoxy) is 1. The molecule has 2 amide bonds. The van der Waals surface area contributed by atoms with Crippen molar-refractivity contribution in [1.29, 1.82) is 0 Å². The third-order valence-electron chi connectivity index (χ3n) is 7.42. The summed E-state index contributed by atoms with van der Waals surface area (Å²) in [6, 6.07) is 11.5. The summed E-state index contributed by atoms with van der Waals surface area (Å²) in [5, 5.41) is 14.0. The number of aromatic amines is 1. The van der Waals surface area contributed by atoms with Gasteiger partial charge in [-0.25, -0.2) is 8.42 Å². The lowest BCUT2D eigenvalue weighted by atomic mass is 10.1. The van der Waals surface area contributed by atoms with Gasteiger partial charge in [-0.15, -0.1) is 0 Å². The maximum atomic E-state index is 13.5. The van der Waals surface area contributed by atoms with E-state index < -0.39 is 22.5 Å². The van der Waals surface area contributed by atoms with E-state index >= 15 is 0 Å². The molecule has 226 valence electrons. The van der Waals surface area contributed by atoms with Crippen LogP contribution in [0.2, 0.25) is 0 Å². The molecular formula is C30H34N6O6S. The number of sulfonamides is 1. The van der Waals surface area contributed by atoms with Crippen LogP contribution in [0.3, 0.4) is 0 Å². The first-order valence-corrected chi connectivity index (χ1v) is 15.4. The Balaban J connectivity index is 1.47. The lowest BCUT2D eigenvalue weighted by molar-refractivity contribution is -0.132. The number of nitrogens with one attached hydrogen (secondary N) is 2. The molecular weight excluding hydrogens is 572 g/mol. The quantitative estimate of drug-likeness (QED) is 0.381. The number of carbonyl (C=O) groups is 2. The number of carbonyl (C=O) groups excluding carboxylic acids is 2. The average molecular weight is 607 g/mol. The fraction of sp³-hybridized carbons (Fsp3) is 0.367. The van der Waals surface area contributed by atoms with Gasteiger partial charge in [0.15, 0.2) is 5.88 Å². The summed E-state index contributed by atoms with van der Waals surface area (Å²) >= 11 is 0. The zero-order chi connectivity index (χ0) is 30.4. The highest BCUT2D eigenvalue weighted by molar-refractivity contribution is 7.89. The predicted molar refractivity (Wildman–Crippen MR) is 162 cm³/mol. The summed E-state index contributed by atoms with van der Waals surface area (Å²) in [6.07, 6.45) is 1.49. The molecule has 0 aliphatic carbocycles. The summed E-state index contributed by atoms with van der Waals surface area (Å²) in [5.74, 6) is 5.22. The monoisotopic (exact) mass is 606 g/mol. The minimum atomic E-state index is -4.05. The second-order valence-corrected chi connectivity index (χ2v) is 12.3. The summed E-state index contributed by atoms with van der Waals surface area (Å²) < 4.78 is 33.3. The van der Waals surface area contributed by atoms with Crippen LogP contribution < -0.4 is 5.32 Å². The van der Waals surface area contributed by atoms with Crippen molar-refractivity contribution in [2.45, 2.75) is 11.3 Å². The molecule has 3 N–H and O–H groups in total. The zero-order valence-corrected chi connectivity index (χ0v) is 24.7. The van der Waals surface area contributed by atoms with E-state index in [-0.39, 0.29) is 36.2 Å². The summed E-state index contributed by atoms with van der Waals surface area (Å²) in [7, 11) is -2.69. The first-order valence-electron chi connectivity index (χ1n) is 14.0. The van der Waals surface area contributed by atoms with Crippen LogP contribution in [-0.4, -0.2) is 117 Å². The zero-order valence-electron chi connectivity index (χ0n) is 23.9. The van der Waals surface area contributed by atoms with Crippen molar-refractivity contribution in [3.05, 3.63) is 53.6 Å². The van der Waals surface area contributed by atoms with Gasteiger partial charge in [-0.3, -0.25) is 19.5 Å². The summed E-state index contributed by atoms with van der Waals surface area (Å²) in [5.41, 5.74) is 2.02. The van der Waals surface area contributed by atoms with Crippen LogP contribution in [0.4, 0.5) is 5.69 Å². The number of nitrogens with zero attached hydrogens (tertiary/aromatic N) is 4. The van der Waals surface area contributed by atoms with Gasteiger partial charge in [-0.05, 0) is 30.3 Å². The number of H-pyrrole nitrogens is 1. The van der Waals surface area contributed by atoms with Crippen LogP contribution >= 0.6 is 0 Å². The van der Waals surface area contributed by atoms with Crippen molar-refractivity contribution >= 4 is 44.6 Å². The van der Waals surface area contributed by atoms with Crippen molar-refractivity contribution in [3.8, 4) is 17.7 Å². The van der Waals surface area contributed by atoms with Gasteiger partial charge in [0.2, 0.25) is 21.8 Å². The van der Waals surface area contributed by atoms with Crippen molar-refractivity contribution in [1.82, 2.24) is 24.4 Å². The maximum Gasteiger partial charge on any atom is 0.243 e. The standard InChI is InChI=1S/C30H34N6O6S/c1-34-21-28(38)36(14-13-35-15-17-42-18-16-35)12-10-27(37)31-11-4-6-22-5-2-9-26-29(22)25(30(39)33-26)20-32-23-7-3-8-24(19-23)43(34,40)41/h2-3,5,7-9,19-20,33,39H,10-18,21H2,1H3,(H,31,37). The Morgan fingerprint density at radius 1 is 1.07 bits per heavy atom. The molecule has 1 fully saturated rings. The molecule has 0 atom stereocenters. The van der Waals surface area contributed by atoms with Crippen LogP contribution in [0.15, 0.2) is 52.4 Å². The SMILES string of the molecule is CN1CC(=O)N(CCN2CCOCC2)CCC(=O)NCC#Cc2cccc3[nH]c(O)c(c23)C=Nc2cccc(c2)S1(=O)=O. The number of hydrogen-bond donors (Lipinski definition) is 3. The fourth-order valence-electron chi connectivity index (χ4n) is 4.96. The Kier molecular flexibility index (Phi) is 9.42. The third-order valence-corrected chi connectivity index (χ3v) is 9.22. The molecule has 0 saturated carbocycles. The third kappa shape index (κ3) is 7.23. The van der Waals surface area contributed by atoms with Crippen LogP contribution in [0.5, 0.6) is 5.88 Å². The molecule has 13 heteroatoms. The van der Waals surface area contributed by atoms with Crippen LogP contribution in [0.1, 0.15) is 17.5 Å². The van der Waals surface area contributed by atoms with Crippen molar-refractivity contribution < 1.29 is 27.9 Å². The minimum Gasteiger partial charge on any atom is -0.494 e. The molecule has 1 saturated heterocycles. The number of benzene rings is 2. The predicted octanol–water partition coefficient (Wildman–Crippen LogP) is 1.28. The van der Waals surface area contributed by atoms with Crippen molar-refractivity contribution in [2.24, 2.45) is 4.99 Å². The molecule has 3 aromatic rings. The summed E-state index contributed by atoms with van der Waals surface area (Å²) in [4.78, 5) is 37.1. The molecule has 5 rings (SSSR count). The second-order valence-electron chi connectivity index (χ2n) is 10.3. The van der Waals surface area contributed by atoms with Crippen molar-refractivity contribution in [2.75, 3.05) is 66.1 Å². The normalized spacial score (nSPS) is 19.0. The highest BCUT2D eigenvalue weighted by Gasteiger charge is 2.26. The lowest BCUT2D eigenvalue weighted by Gasteiger charge is -2.30. The number of fused-ring (bicyclic) bond motifs is 2. The Hall–Kier alpha value is -4.22. The molecule has 0 spiro atoms. The first-order chi connectivity index (χ1) is 20.7. The molecule has 1 aromatic heterocycles. The minimum absolute atomic E-state index is 0.0270. The molecule has 0 unspecified atom stereocenters. The van der Waals surface area contributed by atoms with Gasteiger partial charge in [-0.2, -0.15) is 4.31 Å². The van der Waals surface area contributed by atoms with Crippen molar-refractivity contribution in [3.63, 3.8) is 0 Å². The largest absolute Gasteiger partial charge is 0.494 e. The number of hydrogen-bond acceptors (Lipinski definition) is 8. The van der Waals surface area contributed by atoms with Gasteiger partial charge in [0.25, 0.3) is 0 Å². The Morgan fingerprint density at radius 3 is 2.67 bits per heavy atom. The first kappa shape index (κ1) is 30.2. The Labute approximate surface area is 250 Å². The van der Waals surface area contributed by atoms with Crippen LogP contribution in [0.25, 0.3) is 10.9 Å². The highest BCUT2D eigenvalue weighted by atomic mass is 32.2. The number of morpholine rings is 1. The van der Waals surface area contributed by atoms with E-state index in [1.165, 1.54) is 30.3 Å². The number of aliphatic imine (C=N–C) groups is 1. The Bertz CT molecular complexity index is 1700. The molecule has 2 aliphatic heterocycles. The summed E-state index contributed by atoms with van der Waals surface area (Å²) in [6.45, 7) is 3.47. The van der Waals surface area contributed by atoms with E-state index in [1.54, 1.807) is 30.3 Å². The Morgan fingerprint density at radius 2 is 1.86 bits per heavy atom. The molecule has 3 heterocycles. The van der Waals surface area contributed by atoms with E-state index in [9.17, 15) is 23.1 Å². The van der Waals surface area contributed by atoms with Gasteiger partial charge in [-0.1, -0.05) is 24.0 Å². The van der Waals surface area contributed by atoms with E-state index in [1.807, 2.05) is 0 Å². The van der Waals surface area contributed by atoms with E-state index in [4.69, 9.17) is 4.74 Å². The molecule has 2 aliphatic rings. The van der Waals surface area contributed by atoms with Gasteiger partial charge >= 0.3 is 0 Å². The van der Waals surface area contributed by atoms with E-state index in [0.29, 0.717) is 54.0 Å². The highest BCUT2D eigenvalue weighted by Crippen LogP contribution is 2.29. The van der Waals surface area contributed by atoms with Gasteiger partial charge in [0.05, 0.1) is 48.0 Å². The number of likely N-dealkylation sites (N-methyl/N-ethyl adjacent to an activating group) is 1. The number of aromatic nitrogens is 1. The van der Waals surface area contributed by atoms with Gasteiger partial charge < -0.3 is 25.0 Å².